The van der Waals surface area contributed by atoms with Gasteiger partial charge in [-0.25, -0.2) is 8.42 Å². The maximum atomic E-state index is 14.1. The van der Waals surface area contributed by atoms with Crippen LogP contribution in [-0.4, -0.2) is 50.4 Å². The molecule has 2 amide bonds. The van der Waals surface area contributed by atoms with Gasteiger partial charge in [0.25, 0.3) is 10.0 Å². The van der Waals surface area contributed by atoms with Gasteiger partial charge in [0, 0.05) is 12.1 Å². The first-order valence-electron chi connectivity index (χ1n) is 13.5. The number of ether oxygens (including phenoxy) is 1. The van der Waals surface area contributed by atoms with Gasteiger partial charge in [-0.3, -0.25) is 13.9 Å². The highest BCUT2D eigenvalue weighted by atomic mass is 32.2. The van der Waals surface area contributed by atoms with Crippen LogP contribution < -0.4 is 14.4 Å². The van der Waals surface area contributed by atoms with Crippen molar-refractivity contribution in [2.24, 2.45) is 0 Å². The third kappa shape index (κ3) is 8.10. The van der Waals surface area contributed by atoms with Crippen molar-refractivity contribution >= 4 is 27.5 Å². The zero-order valence-corrected chi connectivity index (χ0v) is 26.0. The van der Waals surface area contributed by atoms with E-state index in [0.29, 0.717) is 5.75 Å². The summed E-state index contributed by atoms with van der Waals surface area (Å²) in [5.74, 6) is -0.553. The molecule has 0 radical (unpaired) electrons. The number of nitrogens with one attached hydrogen (secondary N) is 1. The second-order valence-corrected chi connectivity index (χ2v) is 13.3. The molecule has 0 aliphatic carbocycles. The smallest absolute Gasteiger partial charge is 0.264 e. The highest BCUT2D eigenvalue weighted by Gasteiger charge is 2.34. The molecule has 0 aliphatic heterocycles. The van der Waals surface area contributed by atoms with Gasteiger partial charge in [-0.15, -0.1) is 0 Å². The Morgan fingerprint density at radius 1 is 0.878 bits per heavy atom. The van der Waals surface area contributed by atoms with Gasteiger partial charge < -0.3 is 15.0 Å². The van der Waals surface area contributed by atoms with Crippen LogP contribution in [0.5, 0.6) is 5.75 Å². The number of carbonyl (C=O) groups excluding carboxylic acids is 2. The molecule has 0 aliphatic rings. The number of amides is 2. The van der Waals surface area contributed by atoms with Gasteiger partial charge in [0.2, 0.25) is 11.8 Å². The fourth-order valence-electron chi connectivity index (χ4n) is 4.29. The van der Waals surface area contributed by atoms with Crippen LogP contribution in [0.25, 0.3) is 0 Å². The average Bonchev–Trinajstić information content (AvgIpc) is 2.90. The van der Waals surface area contributed by atoms with Crippen molar-refractivity contribution in [3.8, 4) is 5.75 Å². The minimum Gasteiger partial charge on any atom is -0.495 e. The van der Waals surface area contributed by atoms with E-state index < -0.39 is 34.1 Å². The Morgan fingerprint density at radius 3 is 1.95 bits per heavy atom. The standard InChI is InChI=1S/C32H41N3O5S/c1-22-9-14-26(15-10-22)20-34(25(4)31(37)33-32(5,6)7)30(36)21-35(28-19-24(3)13-18-29(28)40-8)41(38,39)27-16-11-23(2)12-17-27/h9-19,25H,20-21H2,1-8H3,(H,33,37)/t25-/m0/s1. The monoisotopic (exact) mass is 579 g/mol. The molecule has 220 valence electrons. The summed E-state index contributed by atoms with van der Waals surface area (Å²) in [6.45, 7) is 12.5. The van der Waals surface area contributed by atoms with E-state index in [2.05, 4.69) is 5.32 Å². The largest absolute Gasteiger partial charge is 0.495 e. The van der Waals surface area contributed by atoms with E-state index in [1.165, 1.54) is 24.1 Å². The summed E-state index contributed by atoms with van der Waals surface area (Å²) in [7, 11) is -2.74. The van der Waals surface area contributed by atoms with E-state index in [0.717, 1.165) is 26.6 Å². The number of benzene rings is 3. The zero-order valence-electron chi connectivity index (χ0n) is 25.2. The summed E-state index contributed by atoms with van der Waals surface area (Å²) in [6, 6.07) is 18.4. The van der Waals surface area contributed by atoms with Crippen molar-refractivity contribution in [2.75, 3.05) is 18.0 Å². The number of sulfonamides is 1. The fourth-order valence-corrected chi connectivity index (χ4v) is 5.71. The van der Waals surface area contributed by atoms with E-state index in [4.69, 9.17) is 4.74 Å². The van der Waals surface area contributed by atoms with E-state index in [1.807, 2.05) is 71.9 Å². The van der Waals surface area contributed by atoms with Crippen molar-refractivity contribution in [3.63, 3.8) is 0 Å². The molecule has 3 aromatic rings. The predicted molar refractivity (Wildman–Crippen MR) is 163 cm³/mol. The molecule has 3 aromatic carbocycles. The van der Waals surface area contributed by atoms with Gasteiger partial charge in [-0.1, -0.05) is 53.6 Å². The SMILES string of the molecule is COc1ccc(C)cc1N(CC(=O)N(Cc1ccc(C)cc1)[C@@H](C)C(=O)NC(C)(C)C)S(=O)(=O)c1ccc(C)cc1. The first kappa shape index (κ1) is 31.7. The maximum Gasteiger partial charge on any atom is 0.264 e. The molecule has 9 heteroatoms. The number of aryl methyl sites for hydroxylation is 3. The Bertz CT molecular complexity index is 1480. The fraction of sp³-hybridized carbons (Fsp3) is 0.375. The predicted octanol–water partition coefficient (Wildman–Crippen LogP) is 5.15. The molecule has 0 fully saturated rings. The lowest BCUT2D eigenvalue weighted by Crippen LogP contribution is -2.54. The lowest BCUT2D eigenvalue weighted by atomic mass is 10.1. The molecule has 0 unspecified atom stereocenters. The second-order valence-electron chi connectivity index (χ2n) is 11.4. The molecule has 0 bridgehead atoms. The molecule has 1 N–H and O–H groups in total. The maximum absolute atomic E-state index is 14.1. The number of anilines is 1. The van der Waals surface area contributed by atoms with Gasteiger partial charge in [0.05, 0.1) is 17.7 Å². The number of hydrogen-bond donors (Lipinski definition) is 1. The average molecular weight is 580 g/mol. The van der Waals surface area contributed by atoms with E-state index in [-0.39, 0.29) is 23.0 Å². The lowest BCUT2D eigenvalue weighted by Gasteiger charge is -2.34. The Morgan fingerprint density at radius 2 is 1.41 bits per heavy atom. The molecule has 8 nitrogen and oxygen atoms in total. The Kier molecular flexibility index (Phi) is 9.86. The van der Waals surface area contributed by atoms with E-state index >= 15 is 0 Å². The molecule has 0 saturated heterocycles. The van der Waals surface area contributed by atoms with Crippen LogP contribution in [-0.2, 0) is 26.2 Å². The van der Waals surface area contributed by atoms with Crippen LogP contribution in [0.1, 0.15) is 49.9 Å². The van der Waals surface area contributed by atoms with E-state index in [9.17, 15) is 18.0 Å². The van der Waals surface area contributed by atoms with Crippen molar-refractivity contribution < 1.29 is 22.7 Å². The van der Waals surface area contributed by atoms with Crippen molar-refractivity contribution in [2.45, 2.75) is 71.5 Å². The van der Waals surface area contributed by atoms with Crippen molar-refractivity contribution in [1.82, 2.24) is 10.2 Å². The quantitative estimate of drug-likeness (QED) is 0.359. The highest BCUT2D eigenvalue weighted by molar-refractivity contribution is 7.92. The summed E-state index contributed by atoms with van der Waals surface area (Å²) in [5.41, 5.74) is 3.31. The summed E-state index contributed by atoms with van der Waals surface area (Å²) >= 11 is 0. The first-order chi connectivity index (χ1) is 19.1. The Labute approximate surface area is 244 Å². The van der Waals surface area contributed by atoms with Gasteiger partial charge in [0.1, 0.15) is 18.3 Å². The Balaban J connectivity index is 2.10. The van der Waals surface area contributed by atoms with Gasteiger partial charge in [0.15, 0.2) is 0 Å². The third-order valence-corrected chi connectivity index (χ3v) is 8.40. The number of nitrogens with zero attached hydrogens (tertiary/aromatic N) is 2. The van der Waals surface area contributed by atoms with Crippen LogP contribution in [0, 0.1) is 20.8 Å². The number of carbonyl (C=O) groups is 2. The normalized spacial score (nSPS) is 12.4. The summed E-state index contributed by atoms with van der Waals surface area (Å²) in [4.78, 5) is 28.8. The van der Waals surface area contributed by atoms with E-state index in [1.54, 1.807) is 31.2 Å². The first-order valence-corrected chi connectivity index (χ1v) is 15.0. The molecule has 3 rings (SSSR count). The Hall–Kier alpha value is -3.85. The zero-order chi connectivity index (χ0) is 30.5. The van der Waals surface area contributed by atoms with Crippen LogP contribution >= 0.6 is 0 Å². The number of methoxy groups -OCH3 is 1. The van der Waals surface area contributed by atoms with Crippen molar-refractivity contribution in [3.05, 3.63) is 89.0 Å². The van der Waals surface area contributed by atoms with Gasteiger partial charge >= 0.3 is 0 Å². The minimum absolute atomic E-state index is 0.0445. The summed E-state index contributed by atoms with van der Waals surface area (Å²) in [5, 5.41) is 2.94. The molecular formula is C32H41N3O5S. The topological polar surface area (TPSA) is 96.0 Å². The molecule has 0 spiro atoms. The molecular weight excluding hydrogens is 538 g/mol. The van der Waals surface area contributed by atoms with Crippen LogP contribution in [0.4, 0.5) is 5.69 Å². The molecule has 41 heavy (non-hydrogen) atoms. The third-order valence-electron chi connectivity index (χ3n) is 6.63. The second kappa shape index (κ2) is 12.8. The number of hydrogen-bond acceptors (Lipinski definition) is 5. The molecule has 0 heterocycles. The van der Waals surface area contributed by atoms with Crippen LogP contribution in [0.2, 0.25) is 0 Å². The van der Waals surface area contributed by atoms with Gasteiger partial charge in [-0.05, 0) is 83.9 Å². The molecule has 0 saturated carbocycles. The van der Waals surface area contributed by atoms with Gasteiger partial charge in [-0.2, -0.15) is 0 Å². The van der Waals surface area contributed by atoms with Crippen LogP contribution in [0.3, 0.4) is 0 Å². The molecule has 0 aromatic heterocycles. The minimum atomic E-state index is -4.20. The molecule has 1 atom stereocenters. The lowest BCUT2D eigenvalue weighted by molar-refractivity contribution is -0.140. The summed E-state index contributed by atoms with van der Waals surface area (Å²) < 4.78 is 34.8. The summed E-state index contributed by atoms with van der Waals surface area (Å²) in [6.07, 6.45) is 0. The van der Waals surface area contributed by atoms with Crippen molar-refractivity contribution in [1.29, 1.82) is 0 Å². The highest BCUT2D eigenvalue weighted by Crippen LogP contribution is 2.34. The number of rotatable bonds is 10. The van der Waals surface area contributed by atoms with Crippen LogP contribution in [0.15, 0.2) is 71.6 Å².